The first-order chi connectivity index (χ1) is 12.6. The Morgan fingerprint density at radius 3 is 2.35 bits per heavy atom. The van der Waals surface area contributed by atoms with Crippen molar-refractivity contribution in [3.8, 4) is 5.75 Å². The molecule has 0 radical (unpaired) electrons. The van der Waals surface area contributed by atoms with E-state index in [1.165, 1.54) is 17.5 Å². The third-order valence-electron chi connectivity index (χ3n) is 5.80. The van der Waals surface area contributed by atoms with E-state index in [4.69, 9.17) is 4.74 Å². The Balaban J connectivity index is 1.77. The van der Waals surface area contributed by atoms with Gasteiger partial charge >= 0.3 is 0 Å². The molecule has 3 nitrogen and oxygen atoms in total. The first-order valence-corrected chi connectivity index (χ1v) is 9.71. The molecule has 1 saturated heterocycles. The number of hydrogen-bond donors (Lipinski definition) is 0. The molecule has 2 atom stereocenters. The second-order valence-corrected chi connectivity index (χ2v) is 7.69. The summed E-state index contributed by atoms with van der Waals surface area (Å²) in [6.45, 7) is 6.76. The lowest BCUT2D eigenvalue weighted by Crippen LogP contribution is -2.47. The molecule has 0 unspecified atom stereocenters. The minimum absolute atomic E-state index is 0.548. The van der Waals surface area contributed by atoms with Gasteiger partial charge < -0.3 is 4.74 Å². The Bertz CT molecular complexity index is 668. The van der Waals surface area contributed by atoms with Crippen LogP contribution in [-0.4, -0.2) is 48.6 Å². The monoisotopic (exact) mass is 352 g/mol. The Kier molecular flexibility index (Phi) is 6.33. The van der Waals surface area contributed by atoms with Crippen LogP contribution >= 0.6 is 0 Å². The van der Waals surface area contributed by atoms with Gasteiger partial charge in [-0.3, -0.25) is 9.80 Å². The highest BCUT2D eigenvalue weighted by atomic mass is 16.5. The van der Waals surface area contributed by atoms with Crippen LogP contribution in [-0.2, 0) is 13.0 Å². The van der Waals surface area contributed by atoms with E-state index in [0.29, 0.717) is 18.1 Å². The smallest absolute Gasteiger partial charge is 0.118 e. The van der Waals surface area contributed by atoms with Crippen molar-refractivity contribution in [1.29, 1.82) is 0 Å². The van der Waals surface area contributed by atoms with Crippen molar-refractivity contribution >= 4 is 0 Å². The fourth-order valence-corrected chi connectivity index (χ4v) is 4.04. The number of benzene rings is 2. The third kappa shape index (κ3) is 4.46. The molecule has 0 aliphatic carbocycles. The van der Waals surface area contributed by atoms with Crippen molar-refractivity contribution in [3.05, 3.63) is 65.7 Å². The molecule has 26 heavy (non-hydrogen) atoms. The maximum Gasteiger partial charge on any atom is 0.118 e. The van der Waals surface area contributed by atoms with Gasteiger partial charge in [0.05, 0.1) is 7.11 Å². The van der Waals surface area contributed by atoms with Crippen LogP contribution in [0.1, 0.15) is 31.4 Å². The van der Waals surface area contributed by atoms with E-state index in [9.17, 15) is 0 Å². The van der Waals surface area contributed by atoms with Crippen molar-refractivity contribution in [2.75, 3.05) is 20.7 Å². The molecule has 0 aromatic heterocycles. The van der Waals surface area contributed by atoms with Crippen molar-refractivity contribution in [2.24, 2.45) is 0 Å². The maximum absolute atomic E-state index is 5.29. The Morgan fingerprint density at radius 2 is 1.73 bits per heavy atom. The quantitative estimate of drug-likeness (QED) is 0.742. The predicted octanol–water partition coefficient (Wildman–Crippen LogP) is 4.22. The van der Waals surface area contributed by atoms with Crippen LogP contribution in [0.4, 0.5) is 0 Å². The molecule has 2 aromatic carbocycles. The Morgan fingerprint density at radius 1 is 1.04 bits per heavy atom. The molecular weight excluding hydrogens is 320 g/mol. The van der Waals surface area contributed by atoms with E-state index in [-0.39, 0.29) is 0 Å². The summed E-state index contributed by atoms with van der Waals surface area (Å²) in [5.74, 6) is 0.924. The molecule has 140 valence electrons. The molecule has 0 saturated carbocycles. The zero-order valence-electron chi connectivity index (χ0n) is 16.6. The zero-order chi connectivity index (χ0) is 18.5. The molecule has 1 fully saturated rings. The van der Waals surface area contributed by atoms with E-state index >= 15 is 0 Å². The van der Waals surface area contributed by atoms with E-state index in [1.807, 2.05) is 0 Å². The standard InChI is InChI=1S/C23H32N2O/c1-18(2)24(3)22-14-15-25(17-20-10-12-21(26-4)13-11-20)23(22)16-19-8-6-5-7-9-19/h5-13,18,22-23H,14-17H2,1-4H3/t22-,23+/m1/s1. The van der Waals surface area contributed by atoms with Gasteiger partial charge in [-0.15, -0.1) is 0 Å². The molecule has 1 aliphatic rings. The van der Waals surface area contributed by atoms with Crippen molar-refractivity contribution in [1.82, 2.24) is 9.80 Å². The third-order valence-corrected chi connectivity index (χ3v) is 5.80. The summed E-state index contributed by atoms with van der Waals surface area (Å²) in [5.41, 5.74) is 2.79. The minimum Gasteiger partial charge on any atom is -0.497 e. The molecule has 0 spiro atoms. The van der Waals surface area contributed by atoms with Gasteiger partial charge in [-0.1, -0.05) is 42.5 Å². The van der Waals surface area contributed by atoms with Gasteiger partial charge in [0, 0.05) is 31.2 Å². The van der Waals surface area contributed by atoms with Crippen LogP contribution in [0.15, 0.2) is 54.6 Å². The lowest BCUT2D eigenvalue weighted by atomic mass is 9.98. The lowest BCUT2D eigenvalue weighted by molar-refractivity contribution is 0.135. The van der Waals surface area contributed by atoms with Gasteiger partial charge in [0.15, 0.2) is 0 Å². The highest BCUT2D eigenvalue weighted by molar-refractivity contribution is 5.27. The van der Waals surface area contributed by atoms with Crippen LogP contribution in [0.3, 0.4) is 0 Å². The summed E-state index contributed by atoms with van der Waals surface area (Å²) in [6, 6.07) is 21.2. The second kappa shape index (κ2) is 8.70. The highest BCUT2D eigenvalue weighted by Crippen LogP contribution is 2.28. The molecular formula is C23H32N2O. The number of hydrogen-bond acceptors (Lipinski definition) is 3. The predicted molar refractivity (Wildman–Crippen MR) is 109 cm³/mol. The van der Waals surface area contributed by atoms with Crippen molar-refractivity contribution < 1.29 is 4.74 Å². The van der Waals surface area contributed by atoms with Crippen LogP contribution in [0, 0.1) is 0 Å². The number of rotatable bonds is 7. The molecule has 1 aliphatic heterocycles. The fourth-order valence-electron chi connectivity index (χ4n) is 4.04. The van der Waals surface area contributed by atoms with Crippen LogP contribution in [0.2, 0.25) is 0 Å². The lowest BCUT2D eigenvalue weighted by Gasteiger charge is -2.35. The zero-order valence-corrected chi connectivity index (χ0v) is 16.6. The second-order valence-electron chi connectivity index (χ2n) is 7.69. The first kappa shape index (κ1) is 18.9. The van der Waals surface area contributed by atoms with Gasteiger partial charge in [0.25, 0.3) is 0 Å². The van der Waals surface area contributed by atoms with Gasteiger partial charge in [-0.05, 0) is 57.0 Å². The largest absolute Gasteiger partial charge is 0.497 e. The van der Waals surface area contributed by atoms with Gasteiger partial charge in [0.2, 0.25) is 0 Å². The molecule has 3 heteroatoms. The average Bonchev–Trinajstić information content (AvgIpc) is 3.04. The number of methoxy groups -OCH3 is 1. The minimum atomic E-state index is 0.548. The SMILES string of the molecule is COc1ccc(CN2CC[C@@H](N(C)C(C)C)[C@@H]2Cc2ccccc2)cc1. The molecule has 0 N–H and O–H groups in total. The van der Waals surface area contributed by atoms with Crippen LogP contribution in [0.25, 0.3) is 0 Å². The number of likely N-dealkylation sites (tertiary alicyclic amines) is 1. The number of nitrogens with zero attached hydrogens (tertiary/aromatic N) is 2. The van der Waals surface area contributed by atoms with E-state index in [1.54, 1.807) is 7.11 Å². The summed E-state index contributed by atoms with van der Waals surface area (Å²) >= 11 is 0. The van der Waals surface area contributed by atoms with Gasteiger partial charge in [-0.2, -0.15) is 0 Å². The highest BCUT2D eigenvalue weighted by Gasteiger charge is 2.37. The molecule has 1 heterocycles. The van der Waals surface area contributed by atoms with Crippen molar-refractivity contribution in [2.45, 2.75) is 51.4 Å². The fraction of sp³-hybridized carbons (Fsp3) is 0.478. The first-order valence-electron chi connectivity index (χ1n) is 9.71. The van der Waals surface area contributed by atoms with E-state index < -0.39 is 0 Å². The summed E-state index contributed by atoms with van der Waals surface area (Å²) in [6.07, 6.45) is 2.35. The molecule has 0 bridgehead atoms. The topological polar surface area (TPSA) is 15.7 Å². The maximum atomic E-state index is 5.29. The summed E-state index contributed by atoms with van der Waals surface area (Å²) in [5, 5.41) is 0. The number of likely N-dealkylation sites (N-methyl/N-ethyl adjacent to an activating group) is 1. The molecule has 0 amide bonds. The van der Waals surface area contributed by atoms with E-state index in [0.717, 1.165) is 25.3 Å². The summed E-state index contributed by atoms with van der Waals surface area (Å²) in [4.78, 5) is 5.22. The molecule has 2 aromatic rings. The Labute approximate surface area is 158 Å². The van der Waals surface area contributed by atoms with Gasteiger partial charge in [0.1, 0.15) is 5.75 Å². The summed E-state index contributed by atoms with van der Waals surface area (Å²) < 4.78 is 5.29. The van der Waals surface area contributed by atoms with Gasteiger partial charge in [-0.25, -0.2) is 0 Å². The Hall–Kier alpha value is -1.84. The summed E-state index contributed by atoms with van der Waals surface area (Å²) in [7, 11) is 4.00. The van der Waals surface area contributed by atoms with Crippen LogP contribution in [0.5, 0.6) is 5.75 Å². The average molecular weight is 353 g/mol. The number of ether oxygens (including phenoxy) is 1. The normalized spacial score (nSPS) is 20.8. The van der Waals surface area contributed by atoms with Crippen LogP contribution < -0.4 is 4.74 Å². The van der Waals surface area contributed by atoms with E-state index in [2.05, 4.69) is 85.3 Å². The molecule has 3 rings (SSSR count). The van der Waals surface area contributed by atoms with Crippen molar-refractivity contribution in [3.63, 3.8) is 0 Å².